The minimum absolute atomic E-state index is 0.352. The molecule has 1 aromatic rings. The fourth-order valence-corrected chi connectivity index (χ4v) is 3.07. The van der Waals surface area contributed by atoms with Gasteiger partial charge in [-0.1, -0.05) is 12.1 Å². The molecule has 1 N–H and O–H groups in total. The third-order valence-electron chi connectivity index (χ3n) is 2.77. The van der Waals surface area contributed by atoms with E-state index in [1.165, 1.54) is 11.8 Å². The number of carbonyl (C=O) groups excluding carboxylic acids is 1. The van der Waals surface area contributed by atoms with Gasteiger partial charge in [-0.15, -0.1) is 11.8 Å². The Labute approximate surface area is 109 Å². The van der Waals surface area contributed by atoms with E-state index in [-0.39, 0.29) is 11.2 Å². The second-order valence-corrected chi connectivity index (χ2v) is 5.68. The van der Waals surface area contributed by atoms with Crippen molar-refractivity contribution in [2.45, 2.75) is 30.3 Å². The van der Waals surface area contributed by atoms with Gasteiger partial charge in [0.15, 0.2) is 0 Å². The Bertz CT molecular complexity index is 472. The maximum absolute atomic E-state index is 11.9. The van der Waals surface area contributed by atoms with Crippen molar-refractivity contribution in [3.05, 3.63) is 29.8 Å². The second-order valence-electron chi connectivity index (χ2n) is 4.27. The van der Waals surface area contributed by atoms with Gasteiger partial charge in [-0.2, -0.15) is 0 Å². The maximum atomic E-state index is 11.9. The van der Waals surface area contributed by atoms with Crippen LogP contribution in [-0.4, -0.2) is 27.5 Å². The van der Waals surface area contributed by atoms with Gasteiger partial charge >= 0.3 is 11.9 Å². The lowest BCUT2D eigenvalue weighted by Gasteiger charge is -2.09. The summed E-state index contributed by atoms with van der Waals surface area (Å²) in [7, 11) is 0. The molecule has 1 heterocycles. The summed E-state index contributed by atoms with van der Waals surface area (Å²) in [5, 5.41) is 8.01. The standard InChI is InChI=1S/C13H14O4S/c1-8-3-2-4-9(7-8)17-13(16)11-6-5-10(18-11)12(14)15/h2-4,7,10-11H,5-6H2,1H3,(H,14,15). The number of aryl methyl sites for hydroxylation is 1. The molecule has 2 unspecified atom stereocenters. The molecule has 1 aliphatic rings. The molecule has 5 heteroatoms. The lowest BCUT2D eigenvalue weighted by molar-refractivity contribution is -0.136. The van der Waals surface area contributed by atoms with E-state index in [1.807, 2.05) is 19.1 Å². The first-order chi connectivity index (χ1) is 8.56. The first kappa shape index (κ1) is 13.0. The van der Waals surface area contributed by atoms with Crippen LogP contribution < -0.4 is 4.74 Å². The summed E-state index contributed by atoms with van der Waals surface area (Å²) in [5.41, 5.74) is 1.02. The molecular weight excluding hydrogens is 252 g/mol. The lowest BCUT2D eigenvalue weighted by atomic mass is 10.2. The predicted octanol–water partition coefficient (Wildman–Crippen LogP) is 2.25. The number of rotatable bonds is 3. The molecule has 0 saturated carbocycles. The molecule has 0 spiro atoms. The van der Waals surface area contributed by atoms with Crippen LogP contribution in [0.3, 0.4) is 0 Å². The normalized spacial score (nSPS) is 22.7. The number of carboxylic acids is 1. The van der Waals surface area contributed by atoms with E-state index in [4.69, 9.17) is 9.84 Å². The van der Waals surface area contributed by atoms with Crippen molar-refractivity contribution in [2.75, 3.05) is 0 Å². The number of ether oxygens (including phenoxy) is 1. The molecule has 1 aliphatic heterocycles. The van der Waals surface area contributed by atoms with E-state index in [1.54, 1.807) is 12.1 Å². The van der Waals surface area contributed by atoms with Crippen LogP contribution in [0.1, 0.15) is 18.4 Å². The van der Waals surface area contributed by atoms with Gasteiger partial charge in [0.2, 0.25) is 0 Å². The molecule has 18 heavy (non-hydrogen) atoms. The van der Waals surface area contributed by atoms with E-state index in [0.29, 0.717) is 18.6 Å². The lowest BCUT2D eigenvalue weighted by Crippen LogP contribution is -2.21. The average molecular weight is 266 g/mol. The van der Waals surface area contributed by atoms with Crippen LogP contribution in [0.2, 0.25) is 0 Å². The molecule has 0 aromatic heterocycles. The molecule has 2 rings (SSSR count). The highest BCUT2D eigenvalue weighted by Gasteiger charge is 2.35. The predicted molar refractivity (Wildman–Crippen MR) is 68.9 cm³/mol. The minimum Gasteiger partial charge on any atom is -0.480 e. The van der Waals surface area contributed by atoms with Gasteiger partial charge in [0, 0.05) is 0 Å². The molecule has 1 aromatic carbocycles. The van der Waals surface area contributed by atoms with Crippen LogP contribution in [0.5, 0.6) is 5.75 Å². The largest absolute Gasteiger partial charge is 0.480 e. The quantitative estimate of drug-likeness (QED) is 0.671. The smallest absolute Gasteiger partial charge is 0.324 e. The van der Waals surface area contributed by atoms with Gasteiger partial charge in [-0.05, 0) is 37.5 Å². The molecule has 96 valence electrons. The Hall–Kier alpha value is -1.49. The number of benzene rings is 1. The minimum atomic E-state index is -0.856. The molecule has 4 nitrogen and oxygen atoms in total. The highest BCUT2D eigenvalue weighted by Crippen LogP contribution is 2.34. The van der Waals surface area contributed by atoms with Crippen molar-refractivity contribution >= 4 is 23.7 Å². The number of carbonyl (C=O) groups is 2. The van der Waals surface area contributed by atoms with Crippen molar-refractivity contribution < 1.29 is 19.4 Å². The zero-order chi connectivity index (χ0) is 13.1. The first-order valence-corrected chi connectivity index (χ1v) is 6.67. The summed E-state index contributed by atoms with van der Waals surface area (Å²) in [5.74, 6) is -0.695. The summed E-state index contributed by atoms with van der Waals surface area (Å²) in [6.45, 7) is 1.92. The van der Waals surface area contributed by atoms with Gasteiger partial charge in [-0.3, -0.25) is 9.59 Å². The van der Waals surface area contributed by atoms with Crippen molar-refractivity contribution in [2.24, 2.45) is 0 Å². The topological polar surface area (TPSA) is 63.6 Å². The Morgan fingerprint density at radius 2 is 2.06 bits per heavy atom. The summed E-state index contributed by atoms with van der Waals surface area (Å²) in [4.78, 5) is 22.7. The Morgan fingerprint density at radius 1 is 1.33 bits per heavy atom. The Kier molecular flexibility index (Phi) is 3.91. The highest BCUT2D eigenvalue weighted by atomic mass is 32.2. The van der Waals surface area contributed by atoms with Gasteiger partial charge in [-0.25, -0.2) is 0 Å². The van der Waals surface area contributed by atoms with Crippen LogP contribution in [-0.2, 0) is 9.59 Å². The highest BCUT2D eigenvalue weighted by molar-refractivity contribution is 8.02. The number of aliphatic carboxylic acids is 1. The molecule has 1 saturated heterocycles. The zero-order valence-electron chi connectivity index (χ0n) is 9.96. The van der Waals surface area contributed by atoms with Crippen LogP contribution in [0.15, 0.2) is 24.3 Å². The van der Waals surface area contributed by atoms with Crippen molar-refractivity contribution in [3.8, 4) is 5.75 Å². The molecule has 2 atom stereocenters. The number of thioether (sulfide) groups is 1. The number of hydrogen-bond donors (Lipinski definition) is 1. The SMILES string of the molecule is Cc1cccc(OC(=O)C2CCC(C(=O)O)S2)c1. The fraction of sp³-hybridized carbons (Fsp3) is 0.385. The number of carboxylic acid groups (broad SMARTS) is 1. The fourth-order valence-electron chi connectivity index (χ4n) is 1.85. The third kappa shape index (κ3) is 3.04. The van der Waals surface area contributed by atoms with Gasteiger partial charge in [0.25, 0.3) is 0 Å². The molecule has 0 amide bonds. The average Bonchev–Trinajstić information content (AvgIpc) is 2.78. The molecule has 0 radical (unpaired) electrons. The Morgan fingerprint density at radius 3 is 2.67 bits per heavy atom. The third-order valence-corrected chi connectivity index (χ3v) is 4.29. The molecule has 1 fully saturated rings. The number of esters is 1. The van der Waals surface area contributed by atoms with Gasteiger partial charge in [0.1, 0.15) is 16.2 Å². The summed E-state index contributed by atoms with van der Waals surface area (Å²) >= 11 is 1.18. The van der Waals surface area contributed by atoms with E-state index < -0.39 is 11.2 Å². The molecule has 0 bridgehead atoms. The van der Waals surface area contributed by atoms with Crippen LogP contribution >= 0.6 is 11.8 Å². The van der Waals surface area contributed by atoms with Gasteiger partial charge < -0.3 is 9.84 Å². The van der Waals surface area contributed by atoms with Crippen molar-refractivity contribution in [3.63, 3.8) is 0 Å². The monoisotopic (exact) mass is 266 g/mol. The van der Waals surface area contributed by atoms with Crippen LogP contribution in [0.4, 0.5) is 0 Å². The molecular formula is C13H14O4S. The van der Waals surface area contributed by atoms with Crippen molar-refractivity contribution in [1.82, 2.24) is 0 Å². The zero-order valence-corrected chi connectivity index (χ0v) is 10.8. The van der Waals surface area contributed by atoms with E-state index in [0.717, 1.165) is 5.56 Å². The van der Waals surface area contributed by atoms with Gasteiger partial charge in [0.05, 0.1) is 0 Å². The van der Waals surface area contributed by atoms with Crippen LogP contribution in [0.25, 0.3) is 0 Å². The molecule has 0 aliphatic carbocycles. The second kappa shape index (κ2) is 5.44. The van der Waals surface area contributed by atoms with E-state index in [9.17, 15) is 9.59 Å². The number of hydrogen-bond acceptors (Lipinski definition) is 4. The summed E-state index contributed by atoms with van der Waals surface area (Å²) in [6, 6.07) is 7.24. The van der Waals surface area contributed by atoms with E-state index >= 15 is 0 Å². The summed E-state index contributed by atoms with van der Waals surface area (Å²) in [6.07, 6.45) is 1.08. The van der Waals surface area contributed by atoms with Crippen LogP contribution in [0, 0.1) is 6.92 Å². The van der Waals surface area contributed by atoms with E-state index in [2.05, 4.69) is 0 Å². The van der Waals surface area contributed by atoms with Crippen molar-refractivity contribution in [1.29, 1.82) is 0 Å². The maximum Gasteiger partial charge on any atom is 0.324 e. The summed E-state index contributed by atoms with van der Waals surface area (Å²) < 4.78 is 5.25. The first-order valence-electron chi connectivity index (χ1n) is 5.73. The Balaban J connectivity index is 1.95.